The van der Waals surface area contributed by atoms with E-state index in [1.54, 1.807) is 17.9 Å². The Labute approximate surface area is 116 Å². The highest BCUT2D eigenvalue weighted by Crippen LogP contribution is 2.29. The molecular formula is C12H16ClN5O. The lowest BCUT2D eigenvalue weighted by atomic mass is 10.2. The molecule has 0 aliphatic rings. The van der Waals surface area contributed by atoms with Crippen LogP contribution >= 0.6 is 11.6 Å². The first kappa shape index (κ1) is 13.8. The maximum Gasteiger partial charge on any atom is 0.170 e. The van der Waals surface area contributed by atoms with Crippen LogP contribution in [0.2, 0.25) is 5.02 Å². The molecule has 0 bridgehead atoms. The van der Waals surface area contributed by atoms with Gasteiger partial charge in [-0.05, 0) is 35.5 Å². The van der Waals surface area contributed by atoms with Crippen LogP contribution in [0.15, 0.2) is 12.1 Å². The maximum atomic E-state index is 6.10. The van der Waals surface area contributed by atoms with E-state index in [0.717, 1.165) is 23.6 Å². The molecule has 0 unspecified atom stereocenters. The number of tetrazole rings is 1. The number of benzene rings is 1. The van der Waals surface area contributed by atoms with Gasteiger partial charge >= 0.3 is 0 Å². The van der Waals surface area contributed by atoms with E-state index in [4.69, 9.17) is 16.3 Å². The van der Waals surface area contributed by atoms with Gasteiger partial charge in [-0.15, -0.1) is 5.10 Å². The number of rotatable bonds is 5. The van der Waals surface area contributed by atoms with Crippen LogP contribution in [0, 0.1) is 6.92 Å². The van der Waals surface area contributed by atoms with E-state index in [1.165, 1.54) is 0 Å². The summed E-state index contributed by atoms with van der Waals surface area (Å²) in [5.74, 6) is 1.36. The summed E-state index contributed by atoms with van der Waals surface area (Å²) in [6.07, 6.45) is 0. The van der Waals surface area contributed by atoms with Crippen molar-refractivity contribution in [2.24, 2.45) is 0 Å². The van der Waals surface area contributed by atoms with Gasteiger partial charge in [0.15, 0.2) is 5.82 Å². The Balaban J connectivity index is 2.46. The van der Waals surface area contributed by atoms with Crippen LogP contribution in [0.4, 0.5) is 0 Å². The summed E-state index contributed by atoms with van der Waals surface area (Å²) in [6.45, 7) is 5.40. The first-order valence-corrected chi connectivity index (χ1v) is 6.37. The monoisotopic (exact) mass is 281 g/mol. The molecule has 1 heterocycles. The topological polar surface area (TPSA) is 64.9 Å². The highest BCUT2D eigenvalue weighted by Gasteiger charge is 2.14. The predicted octanol–water partition coefficient (Wildman–Crippen LogP) is 1.74. The molecule has 7 heteroatoms. The summed E-state index contributed by atoms with van der Waals surface area (Å²) in [5, 5.41) is 15.6. The van der Waals surface area contributed by atoms with Crippen molar-refractivity contribution in [1.29, 1.82) is 0 Å². The molecule has 1 N–H and O–H groups in total. The summed E-state index contributed by atoms with van der Waals surface area (Å²) >= 11 is 6.10. The number of halogens is 1. The lowest BCUT2D eigenvalue weighted by molar-refractivity contribution is 0.410. The molecule has 2 rings (SSSR count). The van der Waals surface area contributed by atoms with Crippen LogP contribution in [0.1, 0.15) is 18.3 Å². The molecule has 19 heavy (non-hydrogen) atoms. The van der Waals surface area contributed by atoms with Gasteiger partial charge in [-0.2, -0.15) is 4.68 Å². The highest BCUT2D eigenvalue weighted by atomic mass is 35.5. The molecule has 0 fully saturated rings. The summed E-state index contributed by atoms with van der Waals surface area (Å²) in [7, 11) is 1.60. The predicted molar refractivity (Wildman–Crippen MR) is 72.8 cm³/mol. The summed E-state index contributed by atoms with van der Waals surface area (Å²) in [5.41, 5.74) is 1.73. The lowest BCUT2D eigenvalue weighted by Gasteiger charge is -2.11. The van der Waals surface area contributed by atoms with Crippen molar-refractivity contribution >= 4 is 11.6 Å². The van der Waals surface area contributed by atoms with E-state index in [0.29, 0.717) is 17.3 Å². The average Bonchev–Trinajstić information content (AvgIpc) is 2.87. The van der Waals surface area contributed by atoms with E-state index in [1.807, 2.05) is 19.9 Å². The molecule has 0 amide bonds. The summed E-state index contributed by atoms with van der Waals surface area (Å²) in [6, 6.07) is 3.68. The van der Waals surface area contributed by atoms with Gasteiger partial charge in [-0.3, -0.25) is 0 Å². The fourth-order valence-electron chi connectivity index (χ4n) is 1.72. The molecule has 0 radical (unpaired) electrons. The minimum Gasteiger partial charge on any atom is -0.494 e. The molecule has 0 aliphatic carbocycles. The highest BCUT2D eigenvalue weighted by molar-refractivity contribution is 6.31. The maximum absolute atomic E-state index is 6.10. The van der Waals surface area contributed by atoms with Gasteiger partial charge in [0.1, 0.15) is 11.4 Å². The van der Waals surface area contributed by atoms with Crippen molar-refractivity contribution in [2.75, 3.05) is 13.7 Å². The molecule has 0 spiro atoms. The second-order valence-corrected chi connectivity index (χ2v) is 4.47. The molecule has 0 saturated heterocycles. The molecule has 1 aromatic carbocycles. The van der Waals surface area contributed by atoms with Gasteiger partial charge in [-0.1, -0.05) is 18.5 Å². The zero-order chi connectivity index (χ0) is 13.8. The number of hydrogen-bond acceptors (Lipinski definition) is 5. The third-order valence-electron chi connectivity index (χ3n) is 2.76. The van der Waals surface area contributed by atoms with Crippen LogP contribution < -0.4 is 10.1 Å². The Morgan fingerprint density at radius 1 is 1.42 bits per heavy atom. The standard InChI is InChI=1S/C12H16ClN5O/c1-4-14-7-12-15-16-17-18(12)10-5-8(2)9(13)6-11(10)19-3/h5-6,14H,4,7H2,1-3H3. The van der Waals surface area contributed by atoms with Crippen LogP contribution in [0.5, 0.6) is 5.75 Å². The van der Waals surface area contributed by atoms with Crippen LogP contribution in [-0.4, -0.2) is 33.9 Å². The molecule has 102 valence electrons. The Kier molecular flexibility index (Phi) is 4.34. The molecule has 6 nitrogen and oxygen atoms in total. The number of methoxy groups -OCH3 is 1. The van der Waals surface area contributed by atoms with E-state index < -0.39 is 0 Å². The van der Waals surface area contributed by atoms with Crippen molar-refractivity contribution < 1.29 is 4.74 Å². The normalized spacial score (nSPS) is 10.7. The summed E-state index contributed by atoms with van der Waals surface area (Å²) < 4.78 is 7.00. The van der Waals surface area contributed by atoms with Crippen molar-refractivity contribution in [3.05, 3.63) is 28.5 Å². The number of nitrogens with one attached hydrogen (secondary N) is 1. The van der Waals surface area contributed by atoms with Gasteiger partial charge in [0.25, 0.3) is 0 Å². The zero-order valence-corrected chi connectivity index (χ0v) is 11.9. The van der Waals surface area contributed by atoms with E-state index in [9.17, 15) is 0 Å². The second kappa shape index (κ2) is 5.99. The zero-order valence-electron chi connectivity index (χ0n) is 11.1. The number of aromatic nitrogens is 4. The van der Waals surface area contributed by atoms with Crippen LogP contribution in [0.25, 0.3) is 5.69 Å². The van der Waals surface area contributed by atoms with Crippen molar-refractivity contribution in [2.45, 2.75) is 20.4 Å². The molecule has 0 aliphatic heterocycles. The fourth-order valence-corrected chi connectivity index (χ4v) is 1.87. The molecule has 2 aromatic rings. The summed E-state index contributed by atoms with van der Waals surface area (Å²) in [4.78, 5) is 0. The third kappa shape index (κ3) is 2.85. The van der Waals surface area contributed by atoms with Crippen molar-refractivity contribution in [3.63, 3.8) is 0 Å². The Morgan fingerprint density at radius 2 is 2.21 bits per heavy atom. The first-order chi connectivity index (χ1) is 9.17. The second-order valence-electron chi connectivity index (χ2n) is 4.06. The van der Waals surface area contributed by atoms with Crippen molar-refractivity contribution in [3.8, 4) is 11.4 Å². The van der Waals surface area contributed by atoms with E-state index >= 15 is 0 Å². The Bertz CT molecular complexity index is 569. The minimum atomic E-state index is 0.592. The largest absolute Gasteiger partial charge is 0.494 e. The molecule has 0 atom stereocenters. The number of nitrogens with zero attached hydrogens (tertiary/aromatic N) is 4. The Morgan fingerprint density at radius 3 is 2.89 bits per heavy atom. The minimum absolute atomic E-state index is 0.592. The quantitative estimate of drug-likeness (QED) is 0.904. The smallest absolute Gasteiger partial charge is 0.170 e. The lowest BCUT2D eigenvalue weighted by Crippen LogP contribution is -2.16. The number of hydrogen-bond donors (Lipinski definition) is 1. The van der Waals surface area contributed by atoms with Crippen LogP contribution in [0.3, 0.4) is 0 Å². The third-order valence-corrected chi connectivity index (χ3v) is 3.16. The van der Waals surface area contributed by atoms with Crippen LogP contribution in [-0.2, 0) is 6.54 Å². The Hall–Kier alpha value is -1.66. The van der Waals surface area contributed by atoms with Gasteiger partial charge in [-0.25, -0.2) is 0 Å². The van der Waals surface area contributed by atoms with E-state index in [2.05, 4.69) is 20.8 Å². The van der Waals surface area contributed by atoms with Gasteiger partial charge in [0.05, 0.1) is 13.7 Å². The van der Waals surface area contributed by atoms with Gasteiger partial charge in [0.2, 0.25) is 0 Å². The number of ether oxygens (including phenoxy) is 1. The molecular weight excluding hydrogens is 266 g/mol. The van der Waals surface area contributed by atoms with E-state index in [-0.39, 0.29) is 0 Å². The SMILES string of the molecule is CCNCc1nnnn1-c1cc(C)c(Cl)cc1OC. The first-order valence-electron chi connectivity index (χ1n) is 5.99. The molecule has 0 saturated carbocycles. The van der Waals surface area contributed by atoms with Crippen molar-refractivity contribution in [1.82, 2.24) is 25.5 Å². The average molecular weight is 282 g/mol. The fraction of sp³-hybridized carbons (Fsp3) is 0.417. The van der Waals surface area contributed by atoms with Gasteiger partial charge < -0.3 is 10.1 Å². The van der Waals surface area contributed by atoms with Gasteiger partial charge in [0, 0.05) is 11.1 Å². The number of aryl methyl sites for hydroxylation is 1. The molecule has 1 aromatic heterocycles.